The number of anilines is 1. The largest absolute Gasteiger partial charge is 0.497 e. The Kier molecular flexibility index (Phi) is 6.59. The number of carbonyl (C=O) groups is 1. The quantitative estimate of drug-likeness (QED) is 0.777. The Bertz CT molecular complexity index is 930. The molecule has 3 rings (SSSR count). The van der Waals surface area contributed by atoms with E-state index in [1.807, 2.05) is 38.1 Å². The van der Waals surface area contributed by atoms with Crippen molar-refractivity contribution in [3.63, 3.8) is 0 Å². The van der Waals surface area contributed by atoms with Gasteiger partial charge in [-0.15, -0.1) is 0 Å². The van der Waals surface area contributed by atoms with Crippen molar-refractivity contribution in [3.05, 3.63) is 54.1 Å². The lowest BCUT2D eigenvalue weighted by Gasteiger charge is -2.37. The molecule has 1 amide bonds. The average molecular weight is 417 g/mol. The highest BCUT2D eigenvalue weighted by Crippen LogP contribution is 2.30. The van der Waals surface area contributed by atoms with E-state index in [2.05, 4.69) is 5.32 Å². The first-order valence-electron chi connectivity index (χ1n) is 9.87. The molecule has 0 aromatic heterocycles. The number of benzene rings is 2. The number of nitrogens with one attached hydrogen (secondary N) is 1. The number of carbonyl (C=O) groups excluding carboxylic acids is 1. The lowest BCUT2D eigenvalue weighted by Crippen LogP contribution is -2.47. The van der Waals surface area contributed by atoms with Gasteiger partial charge in [0, 0.05) is 17.8 Å². The first-order valence-corrected chi connectivity index (χ1v) is 11.3. The van der Waals surface area contributed by atoms with E-state index >= 15 is 0 Å². The highest BCUT2D eigenvalue weighted by atomic mass is 32.2. The van der Waals surface area contributed by atoms with Gasteiger partial charge in [0.05, 0.1) is 18.4 Å². The number of hydrogen-bond donors (Lipinski definition) is 1. The average Bonchev–Trinajstić information content (AvgIpc) is 2.68. The van der Waals surface area contributed by atoms with Crippen LogP contribution in [0.4, 0.5) is 5.69 Å². The summed E-state index contributed by atoms with van der Waals surface area (Å²) in [5.41, 5.74) is 1.44. The van der Waals surface area contributed by atoms with Crippen LogP contribution in [0, 0.1) is 0 Å². The van der Waals surface area contributed by atoms with Gasteiger partial charge in [-0.3, -0.25) is 4.79 Å². The van der Waals surface area contributed by atoms with E-state index in [9.17, 15) is 13.2 Å². The molecule has 29 heavy (non-hydrogen) atoms. The van der Waals surface area contributed by atoms with Gasteiger partial charge < -0.3 is 10.1 Å². The normalized spacial score (nSPS) is 20.2. The van der Waals surface area contributed by atoms with Gasteiger partial charge >= 0.3 is 0 Å². The van der Waals surface area contributed by atoms with Gasteiger partial charge in [-0.25, -0.2) is 8.42 Å². The van der Waals surface area contributed by atoms with Gasteiger partial charge in [0.25, 0.3) is 0 Å². The molecule has 1 aliphatic heterocycles. The fourth-order valence-electron chi connectivity index (χ4n) is 3.84. The van der Waals surface area contributed by atoms with Crippen LogP contribution < -0.4 is 10.1 Å². The number of methoxy groups -OCH3 is 1. The predicted molar refractivity (Wildman–Crippen MR) is 114 cm³/mol. The maximum atomic E-state index is 13.1. The zero-order valence-corrected chi connectivity index (χ0v) is 17.9. The zero-order valence-electron chi connectivity index (χ0n) is 17.1. The van der Waals surface area contributed by atoms with Crippen LogP contribution in [0.15, 0.2) is 53.4 Å². The van der Waals surface area contributed by atoms with Crippen molar-refractivity contribution in [1.82, 2.24) is 4.31 Å². The molecule has 2 atom stereocenters. The third kappa shape index (κ3) is 4.97. The lowest BCUT2D eigenvalue weighted by atomic mass is 10.0. The van der Waals surface area contributed by atoms with Gasteiger partial charge in [0.1, 0.15) is 5.75 Å². The lowest BCUT2D eigenvalue weighted by molar-refractivity contribution is -0.115. The summed E-state index contributed by atoms with van der Waals surface area (Å²) in [4.78, 5) is 12.5. The third-order valence-corrected chi connectivity index (χ3v) is 7.49. The molecule has 156 valence electrons. The second-order valence-corrected chi connectivity index (χ2v) is 9.40. The molecule has 2 aromatic rings. The summed E-state index contributed by atoms with van der Waals surface area (Å²) in [6.45, 7) is 3.92. The fraction of sp³-hybridized carbons (Fsp3) is 0.409. The molecule has 0 radical (unpaired) electrons. The molecule has 1 N–H and O–H groups in total. The van der Waals surface area contributed by atoms with Crippen molar-refractivity contribution < 1.29 is 17.9 Å². The Balaban J connectivity index is 1.66. The number of sulfonamides is 1. The summed E-state index contributed by atoms with van der Waals surface area (Å²) in [6.07, 6.45) is 3.03. The molecule has 0 saturated carbocycles. The Hall–Kier alpha value is -2.38. The second-order valence-electron chi connectivity index (χ2n) is 7.56. The maximum absolute atomic E-state index is 13.1. The fourth-order valence-corrected chi connectivity index (χ4v) is 5.72. The molecular weight excluding hydrogens is 388 g/mol. The van der Waals surface area contributed by atoms with Gasteiger partial charge in [-0.2, -0.15) is 4.31 Å². The number of rotatable bonds is 6. The summed E-state index contributed by atoms with van der Waals surface area (Å²) in [5, 5.41) is 2.82. The molecule has 1 fully saturated rings. The highest BCUT2D eigenvalue weighted by Gasteiger charge is 2.35. The monoisotopic (exact) mass is 416 g/mol. The van der Waals surface area contributed by atoms with Crippen molar-refractivity contribution in [1.29, 1.82) is 0 Å². The zero-order chi connectivity index (χ0) is 21.0. The van der Waals surface area contributed by atoms with Crippen LogP contribution in [0.2, 0.25) is 0 Å². The Morgan fingerprint density at radius 3 is 2.17 bits per heavy atom. The Labute approximate surface area is 172 Å². The summed E-state index contributed by atoms with van der Waals surface area (Å²) in [5.74, 6) is 0.576. The highest BCUT2D eigenvalue weighted by molar-refractivity contribution is 7.89. The molecule has 7 heteroatoms. The van der Waals surface area contributed by atoms with E-state index in [-0.39, 0.29) is 29.3 Å². The van der Waals surface area contributed by atoms with E-state index in [4.69, 9.17) is 4.74 Å². The van der Waals surface area contributed by atoms with Crippen LogP contribution in [-0.4, -0.2) is 37.8 Å². The topological polar surface area (TPSA) is 75.7 Å². The van der Waals surface area contributed by atoms with Crippen LogP contribution in [0.1, 0.15) is 38.7 Å². The van der Waals surface area contributed by atoms with Gasteiger partial charge in [-0.05, 0) is 68.7 Å². The second kappa shape index (κ2) is 8.97. The van der Waals surface area contributed by atoms with E-state index in [1.54, 1.807) is 35.7 Å². The Morgan fingerprint density at radius 2 is 1.62 bits per heavy atom. The van der Waals surface area contributed by atoms with Crippen LogP contribution in [-0.2, 0) is 21.2 Å². The molecule has 1 heterocycles. The van der Waals surface area contributed by atoms with Gasteiger partial charge in [0.15, 0.2) is 0 Å². The van der Waals surface area contributed by atoms with E-state index in [0.29, 0.717) is 5.69 Å². The first-order chi connectivity index (χ1) is 13.8. The van der Waals surface area contributed by atoms with E-state index < -0.39 is 10.0 Å². The van der Waals surface area contributed by atoms with Crippen LogP contribution in [0.25, 0.3) is 0 Å². The maximum Gasteiger partial charge on any atom is 0.243 e. The van der Waals surface area contributed by atoms with Gasteiger partial charge in [-0.1, -0.05) is 18.6 Å². The SMILES string of the molecule is COc1ccc(CC(=O)Nc2ccc(S(=O)(=O)N3[C@H](C)CCC[C@H]3C)cc2)cc1. The standard InChI is InChI=1S/C22H28N2O4S/c1-16-5-4-6-17(2)24(16)29(26,27)21-13-9-19(10-14-21)23-22(25)15-18-7-11-20(28-3)12-8-18/h7-14,16-17H,4-6,15H2,1-3H3,(H,23,25)/t16-,17-/m1/s1. The van der Waals surface area contributed by atoms with Crippen molar-refractivity contribution in [2.24, 2.45) is 0 Å². The number of ether oxygens (including phenoxy) is 1. The summed E-state index contributed by atoms with van der Waals surface area (Å²) >= 11 is 0. The summed E-state index contributed by atoms with van der Waals surface area (Å²) in [6, 6.07) is 13.7. The smallest absolute Gasteiger partial charge is 0.243 e. The van der Waals surface area contributed by atoms with E-state index in [1.165, 1.54) is 0 Å². The van der Waals surface area contributed by atoms with Gasteiger partial charge in [0.2, 0.25) is 15.9 Å². The van der Waals surface area contributed by atoms with Crippen LogP contribution in [0.3, 0.4) is 0 Å². The molecular formula is C22H28N2O4S. The van der Waals surface area contributed by atoms with Crippen molar-refractivity contribution >= 4 is 21.6 Å². The molecule has 2 aromatic carbocycles. The van der Waals surface area contributed by atoms with Crippen LogP contribution >= 0.6 is 0 Å². The predicted octanol–water partition coefficient (Wildman–Crippen LogP) is 3.83. The Morgan fingerprint density at radius 1 is 1.03 bits per heavy atom. The number of piperidine rings is 1. The molecule has 0 aliphatic carbocycles. The van der Waals surface area contributed by atoms with Crippen molar-refractivity contribution in [3.8, 4) is 5.75 Å². The molecule has 0 bridgehead atoms. The third-order valence-electron chi connectivity index (χ3n) is 5.35. The minimum Gasteiger partial charge on any atom is -0.497 e. The number of nitrogens with zero attached hydrogens (tertiary/aromatic N) is 1. The van der Waals surface area contributed by atoms with Crippen LogP contribution in [0.5, 0.6) is 5.75 Å². The van der Waals surface area contributed by atoms with E-state index in [0.717, 1.165) is 30.6 Å². The molecule has 1 aliphatic rings. The number of amides is 1. The minimum atomic E-state index is -3.55. The molecule has 1 saturated heterocycles. The molecule has 0 unspecified atom stereocenters. The number of hydrogen-bond acceptors (Lipinski definition) is 4. The minimum absolute atomic E-state index is 0.00683. The van der Waals surface area contributed by atoms with Crippen molar-refractivity contribution in [2.45, 2.75) is 56.5 Å². The summed E-state index contributed by atoms with van der Waals surface area (Å²) < 4.78 is 32.9. The van der Waals surface area contributed by atoms with Crippen molar-refractivity contribution in [2.75, 3.05) is 12.4 Å². The molecule has 6 nitrogen and oxygen atoms in total. The summed E-state index contributed by atoms with van der Waals surface area (Å²) in [7, 11) is -1.96. The molecule has 0 spiro atoms. The first kappa shape index (κ1) is 21.3.